The topological polar surface area (TPSA) is 156 Å². The van der Waals surface area contributed by atoms with E-state index in [0.717, 1.165) is 4.83 Å². The van der Waals surface area contributed by atoms with Crippen LogP contribution in [0.4, 0.5) is 10.5 Å². The summed E-state index contributed by atoms with van der Waals surface area (Å²) in [5.74, 6) is -0.291. The van der Waals surface area contributed by atoms with E-state index in [9.17, 15) is 19.7 Å². The number of nitro groups is 1. The average Bonchev–Trinajstić information content (AvgIpc) is 3.75. The summed E-state index contributed by atoms with van der Waals surface area (Å²) in [6, 6.07) is 4.27. The number of rotatable bonds is 16. The normalized spacial score (nSPS) is 16.7. The molecule has 2 aromatic heterocycles. The van der Waals surface area contributed by atoms with Crippen LogP contribution in [0, 0.1) is 10.1 Å². The van der Waals surface area contributed by atoms with Gasteiger partial charge >= 0.3 is 234 Å². The number of ether oxygens (including phenoxy) is 1. The second-order valence-electron chi connectivity index (χ2n) is 11.6. The Hall–Kier alpha value is -3.16. The van der Waals surface area contributed by atoms with Crippen LogP contribution in [0.15, 0.2) is 41.9 Å². The van der Waals surface area contributed by atoms with E-state index in [-0.39, 0.29) is 31.0 Å². The predicted molar refractivity (Wildman–Crippen MR) is 173 cm³/mol. The van der Waals surface area contributed by atoms with Gasteiger partial charge in [0.15, 0.2) is 0 Å². The zero-order chi connectivity index (χ0) is 31.7. The van der Waals surface area contributed by atoms with Gasteiger partial charge in [-0.1, -0.05) is 0 Å². The fraction of sp³-hybridized carbons (Fsp3) is 0.567. The number of azide groups is 1. The van der Waals surface area contributed by atoms with E-state index in [1.54, 1.807) is 17.7 Å². The van der Waals surface area contributed by atoms with Crippen LogP contribution < -0.4 is 2.89 Å². The molecule has 12 nitrogen and oxygen atoms in total. The summed E-state index contributed by atoms with van der Waals surface area (Å²) in [6.45, 7) is 6.70. The van der Waals surface area contributed by atoms with Crippen LogP contribution in [0.25, 0.3) is 15.3 Å². The summed E-state index contributed by atoms with van der Waals surface area (Å²) in [5, 5.41) is 14.7. The number of thiazole rings is 1. The van der Waals surface area contributed by atoms with Crippen molar-refractivity contribution in [2.45, 2.75) is 97.7 Å². The fourth-order valence-corrected chi connectivity index (χ4v) is 26.1. The van der Waals surface area contributed by atoms with E-state index in [1.807, 2.05) is 4.40 Å². The Balaban J connectivity index is 1.59. The monoisotopic (exact) mass is 731 g/mol. The molecule has 4 rings (SSSR count). The van der Waals surface area contributed by atoms with Gasteiger partial charge in [0.25, 0.3) is 5.69 Å². The molecule has 1 aliphatic heterocycles. The Morgan fingerprint density at radius 1 is 1.14 bits per heavy atom. The van der Waals surface area contributed by atoms with Crippen LogP contribution in [-0.4, -0.2) is 68.1 Å². The zero-order valence-corrected chi connectivity index (χ0v) is 29.4. The number of fused-ring (bicyclic) bond motifs is 1. The number of hydrogen-bond acceptors (Lipinski definition) is 8. The van der Waals surface area contributed by atoms with Crippen molar-refractivity contribution >= 4 is 55.0 Å². The molecular formula is C30H41N7O5SSn. The fourth-order valence-electron chi connectivity index (χ4n) is 6.02. The predicted octanol–water partition coefficient (Wildman–Crippen LogP) is 7.63. The quantitative estimate of drug-likeness (QED) is 0.0281. The summed E-state index contributed by atoms with van der Waals surface area (Å²) in [5.41, 5.74) is 9.91. The molecule has 1 aliphatic rings. The van der Waals surface area contributed by atoms with Gasteiger partial charge in [0.05, 0.1) is 4.92 Å². The molecule has 0 spiro atoms. The van der Waals surface area contributed by atoms with E-state index in [0.29, 0.717) is 11.3 Å². The Morgan fingerprint density at radius 3 is 2.34 bits per heavy atom. The van der Waals surface area contributed by atoms with Crippen molar-refractivity contribution < 1.29 is 19.2 Å². The summed E-state index contributed by atoms with van der Waals surface area (Å²) < 4.78 is 12.9. The SMILES string of the molecule is CCC[CH2][Sn]([CH2]CCC)([CH2]CCC)[c]1cn2cnc(C(=O)[C@@H]3C[C@H](N=[N+]=[N-])CN3C(=O)OCc3ccc([N+](=O)[O-])cc3)c2s1. The standard InChI is InChI=1S/C18H14N7O5S.3C4H9.Sn/c19-22-21-12-7-14(16(26)15-17-23(10-20-15)5-6-31-17)24(8-12)18(27)30-9-11-1-3-13(4-2-11)25(28)29;3*1-3-4-2;/h1-5,10,12,14H,7-9H2;3*1,3-4H2,2H3;/t12-,14-;;;;/m0..../s1. The molecule has 44 heavy (non-hydrogen) atoms. The summed E-state index contributed by atoms with van der Waals surface area (Å²) in [7, 11) is 0. The van der Waals surface area contributed by atoms with Crippen LogP contribution in [0.1, 0.15) is 81.8 Å². The van der Waals surface area contributed by atoms with Crippen molar-refractivity contribution in [1.29, 1.82) is 0 Å². The number of ketones is 1. The van der Waals surface area contributed by atoms with Crippen molar-refractivity contribution in [1.82, 2.24) is 14.3 Å². The third-order valence-electron chi connectivity index (χ3n) is 8.53. The molecule has 3 heterocycles. The molecule has 0 unspecified atom stereocenters. The molecule has 2 atom stereocenters. The minimum absolute atomic E-state index is 0.0524. The van der Waals surface area contributed by atoms with Gasteiger partial charge in [0, 0.05) is 12.1 Å². The van der Waals surface area contributed by atoms with Gasteiger partial charge in [-0.05, 0) is 0 Å². The molecule has 0 aliphatic carbocycles. The molecule has 236 valence electrons. The maximum absolute atomic E-state index is 14.0. The van der Waals surface area contributed by atoms with E-state index in [1.165, 1.54) is 83.9 Å². The third-order valence-corrected chi connectivity index (χ3v) is 27.8. The molecule has 0 bridgehead atoms. The first kappa shape index (κ1) is 33.7. The molecule has 0 N–H and O–H groups in total. The van der Waals surface area contributed by atoms with Crippen molar-refractivity contribution in [3.63, 3.8) is 0 Å². The summed E-state index contributed by atoms with van der Waals surface area (Å²) in [6.07, 6.45) is 10.6. The van der Waals surface area contributed by atoms with Gasteiger partial charge in [0.2, 0.25) is 0 Å². The summed E-state index contributed by atoms with van der Waals surface area (Å²) >= 11 is -1.03. The number of amides is 1. The Morgan fingerprint density at radius 2 is 1.77 bits per heavy atom. The van der Waals surface area contributed by atoms with Crippen LogP contribution in [0.5, 0.6) is 0 Å². The number of carbonyl (C=O) groups is 2. The average molecular weight is 730 g/mol. The molecule has 3 aromatic rings. The first-order valence-corrected chi connectivity index (χ1v) is 23.8. The van der Waals surface area contributed by atoms with Crippen LogP contribution in [0.3, 0.4) is 0 Å². The number of unbranched alkanes of at least 4 members (excludes halogenated alkanes) is 3. The minimum atomic E-state index is -2.74. The van der Waals surface area contributed by atoms with E-state index < -0.39 is 41.5 Å². The van der Waals surface area contributed by atoms with E-state index >= 15 is 0 Å². The van der Waals surface area contributed by atoms with Crippen molar-refractivity contribution in [2.75, 3.05) is 6.54 Å². The van der Waals surface area contributed by atoms with Gasteiger partial charge < -0.3 is 0 Å². The number of nitrogens with zero attached hydrogens (tertiary/aromatic N) is 7. The van der Waals surface area contributed by atoms with Crippen LogP contribution in [0.2, 0.25) is 13.3 Å². The van der Waals surface area contributed by atoms with Gasteiger partial charge in [-0.15, -0.1) is 0 Å². The number of imidazole rings is 1. The van der Waals surface area contributed by atoms with Gasteiger partial charge in [-0.3, -0.25) is 10.1 Å². The molecule has 1 saturated heterocycles. The molecule has 1 amide bonds. The Labute approximate surface area is 265 Å². The Kier molecular flexibility index (Phi) is 12.0. The molecular weight excluding hydrogens is 689 g/mol. The maximum atomic E-state index is 14.0. The molecule has 14 heteroatoms. The van der Waals surface area contributed by atoms with Gasteiger partial charge in [-0.2, -0.15) is 0 Å². The van der Waals surface area contributed by atoms with Crippen molar-refractivity contribution in [3.8, 4) is 0 Å². The van der Waals surface area contributed by atoms with Gasteiger partial charge in [-0.25, -0.2) is 0 Å². The van der Waals surface area contributed by atoms with Crippen LogP contribution >= 0.6 is 11.3 Å². The third kappa shape index (κ3) is 7.73. The Bertz CT molecular complexity index is 1480. The number of likely N-dealkylation sites (tertiary alicyclic amines) is 1. The number of nitro benzene ring substituents is 1. The van der Waals surface area contributed by atoms with Crippen LogP contribution in [-0.2, 0) is 11.3 Å². The molecule has 1 fully saturated rings. The molecule has 0 saturated carbocycles. The molecule has 0 radical (unpaired) electrons. The van der Waals surface area contributed by atoms with E-state index in [2.05, 4.69) is 42.0 Å². The molecule has 1 aromatic carbocycles. The number of aromatic nitrogens is 2. The van der Waals surface area contributed by atoms with Gasteiger partial charge in [0.1, 0.15) is 0 Å². The van der Waals surface area contributed by atoms with Crippen molar-refractivity contribution in [2.24, 2.45) is 5.11 Å². The second kappa shape index (κ2) is 15.7. The first-order valence-electron chi connectivity index (χ1n) is 15.5. The number of non-ortho nitro benzene ring substituents is 1. The number of Topliss-reactive ketones (excluding diaryl/α,β-unsaturated/α-hetero) is 1. The second-order valence-corrected chi connectivity index (χ2v) is 26.8. The zero-order valence-electron chi connectivity index (χ0n) is 25.7. The summed E-state index contributed by atoms with van der Waals surface area (Å²) in [4.78, 5) is 47.2. The van der Waals surface area contributed by atoms with Crippen molar-refractivity contribution in [3.05, 3.63) is 68.6 Å². The van der Waals surface area contributed by atoms with E-state index in [4.69, 9.17) is 10.3 Å². The number of benzene rings is 1. The number of carbonyl (C=O) groups excluding carboxylic acids is 2. The first-order chi connectivity index (χ1) is 21.3. The number of hydrogen-bond donors (Lipinski definition) is 0.